The van der Waals surface area contributed by atoms with Crippen LogP contribution in [-0.4, -0.2) is 47.4 Å². The summed E-state index contributed by atoms with van der Waals surface area (Å²) < 4.78 is 37.5. The number of anilines is 1. The van der Waals surface area contributed by atoms with Crippen molar-refractivity contribution in [2.75, 3.05) is 31.6 Å². The van der Waals surface area contributed by atoms with Crippen LogP contribution in [0.5, 0.6) is 0 Å². The molecule has 1 rings (SSSR count). The van der Waals surface area contributed by atoms with Gasteiger partial charge in [-0.3, -0.25) is 4.90 Å². The molecule has 0 aliphatic heterocycles. The highest BCUT2D eigenvalue weighted by molar-refractivity contribution is 6.31. The summed E-state index contributed by atoms with van der Waals surface area (Å²) in [4.78, 5) is 5.30. The van der Waals surface area contributed by atoms with Crippen molar-refractivity contribution in [2.24, 2.45) is 0 Å². The van der Waals surface area contributed by atoms with Gasteiger partial charge in [0.1, 0.15) is 5.82 Å². The fourth-order valence-electron chi connectivity index (χ4n) is 1.77. The van der Waals surface area contributed by atoms with Crippen LogP contribution in [0, 0.1) is 0 Å². The third-order valence-corrected chi connectivity index (χ3v) is 3.01. The lowest BCUT2D eigenvalue weighted by atomic mass is 10.3. The number of nitrogens with one attached hydrogen (secondary N) is 1. The molecule has 0 saturated heterocycles. The summed E-state index contributed by atoms with van der Waals surface area (Å²) in [6.07, 6.45) is -3.43. The van der Waals surface area contributed by atoms with Crippen molar-refractivity contribution in [1.29, 1.82) is 0 Å². The Bertz CT molecular complexity index is 443. The van der Waals surface area contributed by atoms with Gasteiger partial charge in [-0.15, -0.1) is 0 Å². The number of aliphatic hydroxyl groups excluding tert-OH is 1. The molecule has 0 radical (unpaired) electrons. The van der Waals surface area contributed by atoms with Gasteiger partial charge >= 0.3 is 6.18 Å². The Morgan fingerprint density at radius 3 is 2.67 bits per heavy atom. The summed E-state index contributed by atoms with van der Waals surface area (Å²) in [7, 11) is 0. The van der Waals surface area contributed by atoms with E-state index >= 15 is 0 Å². The Hall–Kier alpha value is -1.05. The first-order chi connectivity index (χ1) is 9.85. The number of alkyl halides is 3. The maximum absolute atomic E-state index is 12.5. The normalized spacial score (nSPS) is 12.0. The van der Waals surface area contributed by atoms with Crippen LogP contribution in [0.3, 0.4) is 0 Å². The molecule has 4 nitrogen and oxygen atoms in total. The maximum Gasteiger partial charge on any atom is 0.401 e. The Morgan fingerprint density at radius 2 is 2.10 bits per heavy atom. The lowest BCUT2D eigenvalue weighted by molar-refractivity contribution is -0.148. The van der Waals surface area contributed by atoms with Crippen molar-refractivity contribution in [1.82, 2.24) is 9.88 Å². The first-order valence-corrected chi connectivity index (χ1v) is 7.02. The Labute approximate surface area is 126 Å². The predicted molar refractivity (Wildman–Crippen MR) is 76.4 cm³/mol. The molecule has 2 N–H and O–H groups in total. The van der Waals surface area contributed by atoms with Crippen LogP contribution in [-0.2, 0) is 6.54 Å². The molecule has 0 aliphatic carbocycles. The third kappa shape index (κ3) is 6.97. The number of hydrogen-bond donors (Lipinski definition) is 2. The van der Waals surface area contributed by atoms with Gasteiger partial charge in [0.05, 0.1) is 23.9 Å². The molecule has 21 heavy (non-hydrogen) atoms. The lowest BCUT2D eigenvalue weighted by Gasteiger charge is -2.23. The summed E-state index contributed by atoms with van der Waals surface area (Å²) in [5.74, 6) is 0.576. The number of pyridine rings is 1. The fourth-order valence-corrected chi connectivity index (χ4v) is 1.93. The Morgan fingerprint density at radius 1 is 1.38 bits per heavy atom. The van der Waals surface area contributed by atoms with E-state index in [-0.39, 0.29) is 19.7 Å². The number of aromatic nitrogens is 1. The monoisotopic (exact) mass is 325 g/mol. The molecule has 0 saturated carbocycles. The molecule has 0 aliphatic rings. The van der Waals surface area contributed by atoms with Gasteiger partial charge in [-0.25, -0.2) is 4.98 Å². The molecule has 0 atom stereocenters. The predicted octanol–water partition coefficient (Wildman–Crippen LogP) is 2.91. The SMILES string of the molecule is CCCNc1ccc(Cl)c(CN(CCO)CC(F)(F)F)n1. The van der Waals surface area contributed by atoms with E-state index in [4.69, 9.17) is 16.7 Å². The van der Waals surface area contributed by atoms with Crippen molar-refractivity contribution in [2.45, 2.75) is 26.1 Å². The Kier molecular flexibility index (Phi) is 7.21. The van der Waals surface area contributed by atoms with E-state index < -0.39 is 12.7 Å². The maximum atomic E-state index is 12.5. The molecular formula is C13H19ClF3N3O. The van der Waals surface area contributed by atoms with Gasteiger partial charge in [-0.05, 0) is 18.6 Å². The highest BCUT2D eigenvalue weighted by atomic mass is 35.5. The van der Waals surface area contributed by atoms with Crippen molar-refractivity contribution >= 4 is 17.4 Å². The number of rotatable bonds is 8. The largest absolute Gasteiger partial charge is 0.401 e. The summed E-state index contributed by atoms with van der Waals surface area (Å²) in [6.45, 7) is 1.08. The first kappa shape index (κ1) is 18.0. The van der Waals surface area contributed by atoms with E-state index in [1.54, 1.807) is 12.1 Å². The molecule has 8 heteroatoms. The van der Waals surface area contributed by atoms with Gasteiger partial charge in [0, 0.05) is 19.6 Å². The number of nitrogens with zero attached hydrogens (tertiary/aromatic N) is 2. The topological polar surface area (TPSA) is 48.4 Å². The number of halogens is 4. The van der Waals surface area contributed by atoms with E-state index in [2.05, 4.69) is 10.3 Å². The zero-order valence-electron chi connectivity index (χ0n) is 11.8. The molecule has 0 fully saturated rings. The van der Waals surface area contributed by atoms with E-state index in [0.717, 1.165) is 17.9 Å². The summed E-state index contributed by atoms with van der Waals surface area (Å²) in [6, 6.07) is 3.29. The fraction of sp³-hybridized carbons (Fsp3) is 0.615. The molecule has 0 spiro atoms. The van der Waals surface area contributed by atoms with Crippen molar-refractivity contribution in [3.63, 3.8) is 0 Å². The second-order valence-electron chi connectivity index (χ2n) is 4.60. The van der Waals surface area contributed by atoms with Crippen molar-refractivity contribution in [3.05, 3.63) is 22.8 Å². The average molecular weight is 326 g/mol. The second kappa shape index (κ2) is 8.41. The molecule has 0 aromatic carbocycles. The smallest absolute Gasteiger partial charge is 0.395 e. The molecule has 0 bridgehead atoms. The van der Waals surface area contributed by atoms with Crippen LogP contribution in [0.2, 0.25) is 5.02 Å². The lowest BCUT2D eigenvalue weighted by Crippen LogP contribution is -2.36. The quantitative estimate of drug-likeness (QED) is 0.771. The molecule has 1 aromatic rings. The molecule has 0 amide bonds. The van der Waals surface area contributed by atoms with E-state index in [0.29, 0.717) is 16.5 Å². The molecule has 120 valence electrons. The number of aliphatic hydroxyl groups is 1. The van der Waals surface area contributed by atoms with E-state index in [9.17, 15) is 13.2 Å². The van der Waals surface area contributed by atoms with Crippen LogP contribution in [0.1, 0.15) is 19.0 Å². The van der Waals surface area contributed by atoms with E-state index in [1.165, 1.54) is 0 Å². The van der Waals surface area contributed by atoms with Gasteiger partial charge in [0.15, 0.2) is 0 Å². The molecule has 1 heterocycles. The zero-order valence-corrected chi connectivity index (χ0v) is 12.5. The van der Waals surface area contributed by atoms with Crippen LogP contribution in [0.25, 0.3) is 0 Å². The van der Waals surface area contributed by atoms with Gasteiger partial charge < -0.3 is 10.4 Å². The summed E-state index contributed by atoms with van der Waals surface area (Å²) >= 11 is 5.99. The van der Waals surface area contributed by atoms with Crippen LogP contribution in [0.4, 0.5) is 19.0 Å². The van der Waals surface area contributed by atoms with Gasteiger partial charge in [0.2, 0.25) is 0 Å². The van der Waals surface area contributed by atoms with E-state index in [1.807, 2.05) is 6.92 Å². The summed E-state index contributed by atoms with van der Waals surface area (Å²) in [5.41, 5.74) is 0.357. The van der Waals surface area contributed by atoms with Crippen molar-refractivity contribution in [3.8, 4) is 0 Å². The van der Waals surface area contributed by atoms with Gasteiger partial charge in [0.25, 0.3) is 0 Å². The first-order valence-electron chi connectivity index (χ1n) is 6.65. The van der Waals surface area contributed by atoms with Crippen LogP contribution in [0.15, 0.2) is 12.1 Å². The molecule has 1 aromatic heterocycles. The van der Waals surface area contributed by atoms with Crippen LogP contribution < -0.4 is 5.32 Å². The highest BCUT2D eigenvalue weighted by Gasteiger charge is 2.30. The average Bonchev–Trinajstić information content (AvgIpc) is 2.38. The van der Waals surface area contributed by atoms with Gasteiger partial charge in [-0.2, -0.15) is 13.2 Å². The summed E-state index contributed by atoms with van der Waals surface area (Å²) in [5, 5.41) is 12.2. The minimum Gasteiger partial charge on any atom is -0.395 e. The molecular weight excluding hydrogens is 307 g/mol. The third-order valence-electron chi connectivity index (χ3n) is 2.67. The number of hydrogen-bond acceptors (Lipinski definition) is 4. The molecule has 0 unspecified atom stereocenters. The van der Waals surface area contributed by atoms with Crippen LogP contribution >= 0.6 is 11.6 Å². The highest BCUT2D eigenvalue weighted by Crippen LogP contribution is 2.21. The minimum absolute atomic E-state index is 0.0689. The Balaban J connectivity index is 2.81. The second-order valence-corrected chi connectivity index (χ2v) is 5.01. The van der Waals surface area contributed by atoms with Crippen molar-refractivity contribution < 1.29 is 18.3 Å². The standard InChI is InChI=1S/C13H19ClF3N3O/c1-2-5-18-12-4-3-10(14)11(19-12)8-20(6-7-21)9-13(15,16)17/h3-4,21H,2,5-9H2,1H3,(H,18,19). The minimum atomic E-state index is -4.33. The zero-order chi connectivity index (χ0) is 15.9. The van der Waals surface area contributed by atoms with Gasteiger partial charge in [-0.1, -0.05) is 18.5 Å².